The molecule has 134 valence electrons. The Labute approximate surface area is 147 Å². The fraction of sp³-hybridized carbons (Fsp3) is 0.111. The lowest BCUT2D eigenvalue weighted by atomic mass is 10.1. The summed E-state index contributed by atoms with van der Waals surface area (Å²) >= 11 is 0. The highest BCUT2D eigenvalue weighted by Gasteiger charge is 2.14. The van der Waals surface area contributed by atoms with E-state index >= 15 is 0 Å². The van der Waals surface area contributed by atoms with Crippen molar-refractivity contribution in [3.63, 3.8) is 0 Å². The molecule has 0 radical (unpaired) electrons. The summed E-state index contributed by atoms with van der Waals surface area (Å²) in [5.41, 5.74) is 0.710. The van der Waals surface area contributed by atoms with Crippen molar-refractivity contribution in [1.29, 1.82) is 0 Å². The normalized spacial score (nSPS) is 10.7. The number of anilines is 1. The number of nitrogens with one attached hydrogen (secondary N) is 2. The van der Waals surface area contributed by atoms with Crippen molar-refractivity contribution < 1.29 is 24.9 Å². The molecule has 0 spiro atoms. The van der Waals surface area contributed by atoms with Crippen LogP contribution < -0.4 is 10.7 Å². The van der Waals surface area contributed by atoms with Crippen molar-refractivity contribution in [2.45, 2.75) is 6.92 Å². The average Bonchev–Trinajstić information content (AvgIpc) is 2.53. The van der Waals surface area contributed by atoms with Gasteiger partial charge in [0.25, 0.3) is 0 Å². The van der Waals surface area contributed by atoms with Crippen LogP contribution in [0.3, 0.4) is 0 Å². The first-order valence-corrected chi connectivity index (χ1v) is 7.75. The van der Waals surface area contributed by atoms with Gasteiger partial charge >= 0.3 is 6.09 Å². The molecule has 8 heteroatoms. The Hall–Kier alpha value is -3.68. The molecule has 2 aromatic carbocycles. The fourth-order valence-corrected chi connectivity index (χ4v) is 2.65. The largest absolute Gasteiger partial charge is 0.508 e. The van der Waals surface area contributed by atoms with Crippen molar-refractivity contribution in [3.8, 4) is 28.5 Å². The van der Waals surface area contributed by atoms with Crippen molar-refractivity contribution in [2.24, 2.45) is 0 Å². The van der Waals surface area contributed by atoms with Gasteiger partial charge < -0.3 is 25.0 Å². The Balaban J connectivity index is 2.17. The smallest absolute Gasteiger partial charge is 0.411 e. The summed E-state index contributed by atoms with van der Waals surface area (Å²) in [6, 6.07) is 7.85. The lowest BCUT2D eigenvalue weighted by Gasteiger charge is -2.13. The number of aromatic nitrogens is 1. The molecule has 0 saturated carbocycles. The summed E-state index contributed by atoms with van der Waals surface area (Å²) in [5.74, 6) is -0.638. The van der Waals surface area contributed by atoms with Crippen LogP contribution in [-0.2, 0) is 4.74 Å². The molecule has 1 aromatic heterocycles. The zero-order chi connectivity index (χ0) is 18.8. The Morgan fingerprint density at radius 1 is 1.12 bits per heavy atom. The second kappa shape index (κ2) is 6.67. The number of pyridine rings is 1. The molecule has 0 atom stereocenters. The van der Waals surface area contributed by atoms with E-state index in [1.165, 1.54) is 30.3 Å². The SMILES string of the molecule is CCOC(=O)Nc1cc(O)ccc1-c1cc(=O)c2c(O)cc(O)cc2[nH]1. The van der Waals surface area contributed by atoms with Gasteiger partial charge in [-0.1, -0.05) is 0 Å². The second-order valence-electron chi connectivity index (χ2n) is 5.51. The van der Waals surface area contributed by atoms with Gasteiger partial charge in [0.05, 0.1) is 28.9 Å². The Morgan fingerprint density at radius 2 is 1.88 bits per heavy atom. The van der Waals surface area contributed by atoms with Crippen LogP contribution in [0.4, 0.5) is 10.5 Å². The van der Waals surface area contributed by atoms with Crippen molar-refractivity contribution in [2.75, 3.05) is 11.9 Å². The summed E-state index contributed by atoms with van der Waals surface area (Å²) in [6.45, 7) is 1.83. The van der Waals surface area contributed by atoms with Crippen LogP contribution in [0.2, 0.25) is 0 Å². The molecule has 0 aliphatic carbocycles. The fourth-order valence-electron chi connectivity index (χ4n) is 2.65. The summed E-state index contributed by atoms with van der Waals surface area (Å²) in [6.07, 6.45) is -0.710. The quantitative estimate of drug-likeness (QED) is 0.490. The number of rotatable bonds is 3. The third-order valence-electron chi connectivity index (χ3n) is 3.70. The minimum absolute atomic E-state index is 0.0326. The van der Waals surface area contributed by atoms with Gasteiger partial charge in [0, 0.05) is 29.8 Å². The first-order valence-electron chi connectivity index (χ1n) is 7.75. The van der Waals surface area contributed by atoms with Crippen LogP contribution in [0, 0.1) is 0 Å². The zero-order valence-corrected chi connectivity index (χ0v) is 13.7. The van der Waals surface area contributed by atoms with E-state index in [4.69, 9.17) is 4.74 Å². The summed E-state index contributed by atoms with van der Waals surface area (Å²) in [4.78, 5) is 27.0. The number of hydrogen-bond acceptors (Lipinski definition) is 6. The number of carbonyl (C=O) groups is 1. The molecule has 8 nitrogen and oxygen atoms in total. The molecule has 0 bridgehead atoms. The number of H-pyrrole nitrogens is 1. The van der Waals surface area contributed by atoms with Gasteiger partial charge in [-0.05, 0) is 19.1 Å². The average molecular weight is 356 g/mol. The molecule has 0 aliphatic rings. The van der Waals surface area contributed by atoms with E-state index in [0.717, 1.165) is 6.07 Å². The Morgan fingerprint density at radius 3 is 2.62 bits per heavy atom. The molecule has 5 N–H and O–H groups in total. The van der Waals surface area contributed by atoms with Gasteiger partial charge in [-0.3, -0.25) is 10.1 Å². The maximum absolute atomic E-state index is 12.4. The maximum atomic E-state index is 12.4. The van der Waals surface area contributed by atoms with E-state index in [2.05, 4.69) is 10.3 Å². The molecule has 26 heavy (non-hydrogen) atoms. The van der Waals surface area contributed by atoms with Crippen LogP contribution in [0.25, 0.3) is 22.2 Å². The van der Waals surface area contributed by atoms with Crippen molar-refractivity contribution in [1.82, 2.24) is 4.98 Å². The second-order valence-corrected chi connectivity index (χ2v) is 5.51. The van der Waals surface area contributed by atoms with Crippen molar-refractivity contribution >= 4 is 22.7 Å². The third kappa shape index (κ3) is 3.25. The Kier molecular flexibility index (Phi) is 4.40. The van der Waals surface area contributed by atoms with Gasteiger partial charge in [-0.2, -0.15) is 0 Å². The highest BCUT2D eigenvalue weighted by Crippen LogP contribution is 2.32. The third-order valence-corrected chi connectivity index (χ3v) is 3.70. The number of fused-ring (bicyclic) bond motifs is 1. The monoisotopic (exact) mass is 356 g/mol. The number of phenols is 3. The molecule has 0 fully saturated rings. The van der Waals surface area contributed by atoms with Gasteiger partial charge in [-0.15, -0.1) is 0 Å². The molecule has 3 rings (SSSR count). The molecule has 0 unspecified atom stereocenters. The van der Waals surface area contributed by atoms with E-state index in [0.29, 0.717) is 11.3 Å². The lowest BCUT2D eigenvalue weighted by molar-refractivity contribution is 0.168. The number of hydrogen-bond donors (Lipinski definition) is 5. The lowest BCUT2D eigenvalue weighted by Crippen LogP contribution is -2.14. The van der Waals surface area contributed by atoms with Gasteiger partial charge in [0.1, 0.15) is 17.2 Å². The minimum atomic E-state index is -0.710. The van der Waals surface area contributed by atoms with Crippen LogP contribution in [0.5, 0.6) is 17.2 Å². The number of ether oxygens (including phenoxy) is 1. The number of aromatic hydroxyl groups is 3. The molecular formula is C18H16N2O6. The summed E-state index contributed by atoms with van der Waals surface area (Å²) < 4.78 is 4.83. The van der Waals surface area contributed by atoms with Crippen LogP contribution in [0.15, 0.2) is 41.2 Å². The van der Waals surface area contributed by atoms with Crippen LogP contribution in [-0.4, -0.2) is 33.0 Å². The van der Waals surface area contributed by atoms with E-state index in [1.807, 2.05) is 0 Å². The molecule has 0 aliphatic heterocycles. The van der Waals surface area contributed by atoms with Gasteiger partial charge in [0.2, 0.25) is 0 Å². The highest BCUT2D eigenvalue weighted by atomic mass is 16.5. The van der Waals surface area contributed by atoms with E-state index < -0.39 is 11.5 Å². The number of aromatic amines is 1. The van der Waals surface area contributed by atoms with E-state index in [-0.39, 0.29) is 40.4 Å². The maximum Gasteiger partial charge on any atom is 0.411 e. The zero-order valence-electron chi connectivity index (χ0n) is 13.7. The van der Waals surface area contributed by atoms with Gasteiger partial charge in [0.15, 0.2) is 5.43 Å². The number of carbonyl (C=O) groups excluding carboxylic acids is 1. The summed E-state index contributed by atoms with van der Waals surface area (Å²) in [5, 5.41) is 31.7. The number of phenolic OH excluding ortho intramolecular Hbond substituents is 3. The topological polar surface area (TPSA) is 132 Å². The van der Waals surface area contributed by atoms with Crippen LogP contribution in [0.1, 0.15) is 6.92 Å². The predicted octanol–water partition coefficient (Wildman–Crippen LogP) is 2.88. The highest BCUT2D eigenvalue weighted by molar-refractivity contribution is 5.93. The first-order chi connectivity index (χ1) is 12.4. The first kappa shape index (κ1) is 17.2. The molecule has 0 saturated heterocycles. The molecule has 1 amide bonds. The summed E-state index contributed by atoms with van der Waals surface area (Å²) in [7, 11) is 0. The minimum Gasteiger partial charge on any atom is -0.508 e. The molecule has 3 aromatic rings. The van der Waals surface area contributed by atoms with E-state index in [9.17, 15) is 24.9 Å². The number of amides is 1. The van der Waals surface area contributed by atoms with Crippen LogP contribution >= 0.6 is 0 Å². The standard InChI is InChI=1S/C18H16N2O6/c1-2-26-18(25)20-12-5-9(21)3-4-11(12)13-8-16(24)17-14(19-13)6-10(22)7-15(17)23/h3-8,21-23H,2H2,1H3,(H,19,24)(H,20,25). The Bertz CT molecular complexity index is 1060. The van der Waals surface area contributed by atoms with Crippen molar-refractivity contribution in [3.05, 3.63) is 46.6 Å². The van der Waals surface area contributed by atoms with E-state index in [1.54, 1.807) is 6.92 Å². The van der Waals surface area contributed by atoms with Gasteiger partial charge in [-0.25, -0.2) is 4.79 Å². The molecule has 1 heterocycles. The predicted molar refractivity (Wildman–Crippen MR) is 95.6 cm³/mol. The number of benzene rings is 2. The molecular weight excluding hydrogens is 340 g/mol.